The maximum atomic E-state index is 11.9. The topological polar surface area (TPSA) is 52.6 Å². The minimum Gasteiger partial charge on any atom is -0.396 e. The van der Waals surface area contributed by atoms with E-state index in [2.05, 4.69) is 17.1 Å². The predicted octanol–water partition coefficient (Wildman–Crippen LogP) is 1.39. The molecule has 0 aromatic rings. The van der Waals surface area contributed by atoms with Crippen LogP contribution in [0.2, 0.25) is 0 Å². The van der Waals surface area contributed by atoms with Crippen molar-refractivity contribution in [3.63, 3.8) is 0 Å². The smallest absolute Gasteiger partial charge is 0.237 e. The van der Waals surface area contributed by atoms with Gasteiger partial charge in [-0.15, -0.1) is 0 Å². The van der Waals surface area contributed by atoms with Crippen molar-refractivity contribution in [2.24, 2.45) is 0 Å². The highest BCUT2D eigenvalue weighted by molar-refractivity contribution is 5.81. The molecular formula is C13H28N2O2. The second-order valence-electron chi connectivity index (χ2n) is 4.38. The molecule has 0 radical (unpaired) electrons. The number of likely N-dealkylation sites (N-methyl/N-ethyl adjacent to an activating group) is 1. The van der Waals surface area contributed by atoms with Crippen molar-refractivity contribution in [1.82, 2.24) is 10.2 Å². The fourth-order valence-corrected chi connectivity index (χ4v) is 1.80. The van der Waals surface area contributed by atoms with Gasteiger partial charge in [0.05, 0.1) is 6.04 Å². The fourth-order valence-electron chi connectivity index (χ4n) is 1.80. The Balaban J connectivity index is 3.90. The first-order valence-corrected chi connectivity index (χ1v) is 6.79. The number of aliphatic hydroxyl groups excluding tert-OH is 1. The van der Waals surface area contributed by atoms with E-state index in [1.54, 1.807) is 0 Å². The van der Waals surface area contributed by atoms with Crippen molar-refractivity contribution < 1.29 is 9.90 Å². The Hall–Kier alpha value is -0.610. The highest BCUT2D eigenvalue weighted by atomic mass is 16.3. The molecule has 0 saturated heterocycles. The Morgan fingerprint density at radius 3 is 2.53 bits per heavy atom. The van der Waals surface area contributed by atoms with Gasteiger partial charge in [0.2, 0.25) is 5.91 Å². The van der Waals surface area contributed by atoms with E-state index in [0.717, 1.165) is 38.9 Å². The zero-order chi connectivity index (χ0) is 13.1. The van der Waals surface area contributed by atoms with Crippen LogP contribution in [0.1, 0.15) is 46.5 Å². The highest BCUT2D eigenvalue weighted by Crippen LogP contribution is 2.01. The fraction of sp³-hybridized carbons (Fsp3) is 0.923. The molecule has 0 aliphatic carbocycles. The van der Waals surface area contributed by atoms with Crippen LogP contribution in [0.15, 0.2) is 0 Å². The summed E-state index contributed by atoms with van der Waals surface area (Å²) in [7, 11) is 0. The molecule has 1 unspecified atom stereocenters. The molecule has 0 aromatic heterocycles. The molecule has 102 valence electrons. The summed E-state index contributed by atoms with van der Waals surface area (Å²) in [6, 6.07) is -0.104. The average Bonchev–Trinajstić information content (AvgIpc) is 2.35. The zero-order valence-corrected chi connectivity index (χ0v) is 11.5. The van der Waals surface area contributed by atoms with Crippen LogP contribution in [0.25, 0.3) is 0 Å². The predicted molar refractivity (Wildman–Crippen MR) is 70.9 cm³/mol. The quantitative estimate of drug-likeness (QED) is 0.571. The Labute approximate surface area is 105 Å². The van der Waals surface area contributed by atoms with Gasteiger partial charge in [-0.05, 0) is 26.3 Å². The summed E-state index contributed by atoms with van der Waals surface area (Å²) in [6.07, 6.45) is 4.11. The lowest BCUT2D eigenvalue weighted by Gasteiger charge is -2.26. The Kier molecular flexibility index (Phi) is 10.2. The van der Waals surface area contributed by atoms with E-state index in [4.69, 9.17) is 5.11 Å². The second kappa shape index (κ2) is 10.5. The number of carbonyl (C=O) groups is 1. The molecule has 4 nitrogen and oxygen atoms in total. The molecule has 1 amide bonds. The number of unbranched alkanes of at least 4 members (excludes halogenated alkanes) is 2. The van der Waals surface area contributed by atoms with E-state index >= 15 is 0 Å². The number of hydrogen-bond donors (Lipinski definition) is 2. The molecule has 4 heteroatoms. The zero-order valence-electron chi connectivity index (χ0n) is 11.5. The number of rotatable bonds is 10. The van der Waals surface area contributed by atoms with Gasteiger partial charge >= 0.3 is 0 Å². The van der Waals surface area contributed by atoms with E-state index in [1.165, 1.54) is 6.42 Å². The van der Waals surface area contributed by atoms with Crippen LogP contribution in [-0.2, 0) is 4.79 Å². The molecule has 0 aliphatic heterocycles. The van der Waals surface area contributed by atoms with Crippen molar-refractivity contribution in [3.8, 4) is 0 Å². The van der Waals surface area contributed by atoms with Gasteiger partial charge in [0, 0.05) is 19.7 Å². The first-order chi connectivity index (χ1) is 8.17. The van der Waals surface area contributed by atoms with Gasteiger partial charge in [-0.2, -0.15) is 0 Å². The molecule has 1 atom stereocenters. The second-order valence-corrected chi connectivity index (χ2v) is 4.38. The molecule has 0 aromatic carbocycles. The van der Waals surface area contributed by atoms with Crippen molar-refractivity contribution in [1.29, 1.82) is 0 Å². The molecule has 17 heavy (non-hydrogen) atoms. The molecule has 0 spiro atoms. The van der Waals surface area contributed by atoms with E-state index in [-0.39, 0.29) is 18.6 Å². The van der Waals surface area contributed by atoms with Crippen LogP contribution >= 0.6 is 0 Å². The maximum absolute atomic E-state index is 11.9. The van der Waals surface area contributed by atoms with Crippen molar-refractivity contribution in [3.05, 3.63) is 0 Å². The number of carbonyl (C=O) groups excluding carboxylic acids is 1. The molecular weight excluding hydrogens is 216 g/mol. The summed E-state index contributed by atoms with van der Waals surface area (Å²) in [6.45, 7) is 8.68. The van der Waals surface area contributed by atoms with E-state index in [0.29, 0.717) is 0 Å². The Morgan fingerprint density at radius 1 is 1.29 bits per heavy atom. The first-order valence-electron chi connectivity index (χ1n) is 6.79. The van der Waals surface area contributed by atoms with Crippen molar-refractivity contribution in [2.75, 3.05) is 26.2 Å². The number of nitrogens with one attached hydrogen (secondary N) is 1. The standard InChI is InChI=1S/C13H28N2O2/c1-4-6-7-9-14-13(17)12(3)15(5-2)10-8-11-16/h12,16H,4-11H2,1-3H3,(H,14,17). The van der Waals surface area contributed by atoms with Crippen LogP contribution in [0.5, 0.6) is 0 Å². The minimum absolute atomic E-state index is 0.0980. The third kappa shape index (κ3) is 7.34. The van der Waals surface area contributed by atoms with Gasteiger partial charge in [-0.3, -0.25) is 9.69 Å². The van der Waals surface area contributed by atoms with Gasteiger partial charge in [0.1, 0.15) is 0 Å². The summed E-state index contributed by atoms with van der Waals surface area (Å²) in [5.41, 5.74) is 0. The first kappa shape index (κ1) is 16.4. The van der Waals surface area contributed by atoms with Gasteiger partial charge in [0.25, 0.3) is 0 Å². The molecule has 0 aliphatic rings. The van der Waals surface area contributed by atoms with Gasteiger partial charge in [0.15, 0.2) is 0 Å². The third-order valence-corrected chi connectivity index (χ3v) is 3.02. The number of hydrogen-bond acceptors (Lipinski definition) is 3. The average molecular weight is 244 g/mol. The monoisotopic (exact) mass is 244 g/mol. The molecule has 0 fully saturated rings. The lowest BCUT2D eigenvalue weighted by Crippen LogP contribution is -2.45. The van der Waals surface area contributed by atoms with E-state index < -0.39 is 0 Å². The largest absolute Gasteiger partial charge is 0.396 e. The maximum Gasteiger partial charge on any atom is 0.237 e. The van der Waals surface area contributed by atoms with Crippen LogP contribution in [0, 0.1) is 0 Å². The lowest BCUT2D eigenvalue weighted by atomic mass is 10.2. The summed E-state index contributed by atoms with van der Waals surface area (Å²) >= 11 is 0. The van der Waals surface area contributed by atoms with Gasteiger partial charge < -0.3 is 10.4 Å². The van der Waals surface area contributed by atoms with Crippen molar-refractivity contribution in [2.45, 2.75) is 52.5 Å². The number of nitrogens with zero attached hydrogens (tertiary/aromatic N) is 1. The summed E-state index contributed by atoms with van der Waals surface area (Å²) in [4.78, 5) is 13.9. The summed E-state index contributed by atoms with van der Waals surface area (Å²) < 4.78 is 0. The summed E-state index contributed by atoms with van der Waals surface area (Å²) in [5, 5.41) is 11.8. The van der Waals surface area contributed by atoms with Crippen LogP contribution in [0.3, 0.4) is 0 Å². The number of amides is 1. The molecule has 0 bridgehead atoms. The third-order valence-electron chi connectivity index (χ3n) is 3.02. The van der Waals surface area contributed by atoms with Gasteiger partial charge in [-0.1, -0.05) is 26.7 Å². The SMILES string of the molecule is CCCCCNC(=O)C(C)N(CC)CCCO. The normalized spacial score (nSPS) is 12.8. The van der Waals surface area contributed by atoms with Crippen LogP contribution in [0.4, 0.5) is 0 Å². The minimum atomic E-state index is -0.104. The highest BCUT2D eigenvalue weighted by Gasteiger charge is 2.18. The summed E-state index contributed by atoms with van der Waals surface area (Å²) in [5.74, 6) is 0.0980. The number of aliphatic hydroxyl groups is 1. The molecule has 2 N–H and O–H groups in total. The Bertz CT molecular complexity index is 198. The van der Waals surface area contributed by atoms with Gasteiger partial charge in [-0.25, -0.2) is 0 Å². The van der Waals surface area contributed by atoms with Crippen LogP contribution in [-0.4, -0.2) is 48.2 Å². The Morgan fingerprint density at radius 2 is 2.00 bits per heavy atom. The molecule has 0 rings (SSSR count). The lowest BCUT2D eigenvalue weighted by molar-refractivity contribution is -0.125. The van der Waals surface area contributed by atoms with E-state index in [9.17, 15) is 4.79 Å². The molecule has 0 saturated carbocycles. The van der Waals surface area contributed by atoms with Crippen molar-refractivity contribution >= 4 is 5.91 Å². The molecule has 0 heterocycles. The van der Waals surface area contributed by atoms with E-state index in [1.807, 2.05) is 13.8 Å². The van der Waals surface area contributed by atoms with Crippen LogP contribution < -0.4 is 5.32 Å².